The second-order valence-electron chi connectivity index (χ2n) is 4.29. The van der Waals surface area contributed by atoms with Crippen molar-refractivity contribution < 1.29 is 26.0 Å². The summed E-state index contributed by atoms with van der Waals surface area (Å²) in [6, 6.07) is 4.66. The van der Waals surface area contributed by atoms with Crippen LogP contribution in [0.15, 0.2) is 43.0 Å². The number of anilines is 1. The number of carbonyl (C=O) groups excluding carboxylic acids is 1. The molecule has 0 saturated carbocycles. The summed E-state index contributed by atoms with van der Waals surface area (Å²) in [6.07, 6.45) is 5.47. The molecule has 122 valence electrons. The third-order valence-electron chi connectivity index (χ3n) is 2.42. The topological polar surface area (TPSA) is 107 Å². The lowest BCUT2D eigenvalue weighted by Gasteiger charge is -2.07. The Balaban J connectivity index is 1.84. The van der Waals surface area contributed by atoms with Crippen LogP contribution < -0.4 is 9.50 Å². The van der Waals surface area contributed by atoms with Crippen molar-refractivity contribution in [1.29, 1.82) is 0 Å². The highest BCUT2D eigenvalue weighted by atomic mass is 32.3. The molecule has 0 aromatic carbocycles. The molecule has 2 heterocycles. The summed E-state index contributed by atoms with van der Waals surface area (Å²) in [5.41, 5.74) is 0.951. The van der Waals surface area contributed by atoms with Crippen LogP contribution in [0.2, 0.25) is 0 Å². The highest BCUT2D eigenvalue weighted by molar-refractivity contribution is 7.81. The molecular weight excluding hydrogens is 329 g/mol. The number of nitrogens with one attached hydrogen (secondary N) is 1. The van der Waals surface area contributed by atoms with Crippen LogP contribution in [0, 0.1) is 0 Å². The summed E-state index contributed by atoms with van der Waals surface area (Å²) in [7, 11) is -5.15. The smallest absolute Gasteiger partial charge is 0.367 e. The van der Waals surface area contributed by atoms with Crippen LogP contribution in [0.25, 0.3) is 0 Å². The lowest BCUT2D eigenvalue weighted by atomic mass is 10.3. The fourth-order valence-electron chi connectivity index (χ4n) is 1.59. The van der Waals surface area contributed by atoms with Crippen molar-refractivity contribution in [1.82, 2.24) is 9.97 Å². The summed E-state index contributed by atoms with van der Waals surface area (Å²) in [5.74, 6) is -0.850. The Bertz CT molecular complexity index is 770. The minimum absolute atomic E-state index is 0.140. The van der Waals surface area contributed by atoms with E-state index in [1.165, 1.54) is 6.20 Å². The van der Waals surface area contributed by atoms with Gasteiger partial charge in [-0.3, -0.25) is 14.8 Å². The molecule has 0 atom stereocenters. The molecule has 0 aliphatic carbocycles. The molecule has 2 aromatic heterocycles. The number of ether oxygens (including phenoxy) is 1. The minimum atomic E-state index is -5.15. The summed E-state index contributed by atoms with van der Waals surface area (Å²) < 4.78 is 42.4. The monoisotopic (exact) mass is 341 g/mol. The highest BCUT2D eigenvalue weighted by Crippen LogP contribution is 2.17. The van der Waals surface area contributed by atoms with E-state index in [0.29, 0.717) is 0 Å². The minimum Gasteiger partial charge on any atom is -0.367 e. The molecule has 10 heteroatoms. The lowest BCUT2D eigenvalue weighted by Crippen LogP contribution is -2.18. The predicted molar refractivity (Wildman–Crippen MR) is 77.4 cm³/mol. The maximum Gasteiger partial charge on any atom is 0.488 e. The first-order valence-electron chi connectivity index (χ1n) is 6.28. The van der Waals surface area contributed by atoms with Gasteiger partial charge in [0, 0.05) is 18.5 Å². The van der Waals surface area contributed by atoms with Crippen molar-refractivity contribution in [3.63, 3.8) is 0 Å². The molecule has 1 N–H and O–H groups in total. The molecular formula is C13H12FN3O5S. The summed E-state index contributed by atoms with van der Waals surface area (Å²) in [6.45, 7) is -0.0237. The number of halogens is 1. The quantitative estimate of drug-likeness (QED) is 0.755. The molecule has 0 saturated heterocycles. The SMILES string of the molecule is O=C(COCc1cccnc1)Nc1cncc(OS(=O)(=O)F)c1. The molecule has 0 bridgehead atoms. The molecule has 2 aromatic rings. The summed E-state index contributed by atoms with van der Waals surface area (Å²) in [4.78, 5) is 19.2. The van der Waals surface area contributed by atoms with E-state index in [-0.39, 0.29) is 24.7 Å². The van der Waals surface area contributed by atoms with Gasteiger partial charge in [-0.25, -0.2) is 0 Å². The Hall–Kier alpha value is -2.59. The molecule has 0 unspecified atom stereocenters. The highest BCUT2D eigenvalue weighted by Gasteiger charge is 2.11. The van der Waals surface area contributed by atoms with Crippen LogP contribution in [-0.2, 0) is 26.6 Å². The number of nitrogens with zero attached hydrogens (tertiary/aromatic N) is 2. The molecule has 0 spiro atoms. The largest absolute Gasteiger partial charge is 0.488 e. The van der Waals surface area contributed by atoms with Crippen LogP contribution in [0.3, 0.4) is 0 Å². The summed E-state index contributed by atoms with van der Waals surface area (Å²) >= 11 is 0. The van der Waals surface area contributed by atoms with Gasteiger partial charge in [0.05, 0.1) is 24.7 Å². The second kappa shape index (κ2) is 7.61. The van der Waals surface area contributed by atoms with Gasteiger partial charge in [-0.15, -0.1) is 0 Å². The van der Waals surface area contributed by atoms with Crippen molar-refractivity contribution in [2.75, 3.05) is 11.9 Å². The van der Waals surface area contributed by atoms with Crippen molar-refractivity contribution >= 4 is 22.1 Å². The van der Waals surface area contributed by atoms with E-state index < -0.39 is 16.4 Å². The van der Waals surface area contributed by atoms with E-state index in [4.69, 9.17) is 4.74 Å². The zero-order valence-electron chi connectivity index (χ0n) is 11.7. The maximum atomic E-state index is 12.4. The normalized spacial score (nSPS) is 11.0. The second-order valence-corrected chi connectivity index (χ2v) is 5.24. The van der Waals surface area contributed by atoms with Gasteiger partial charge >= 0.3 is 10.5 Å². The Kier molecular flexibility index (Phi) is 5.55. The van der Waals surface area contributed by atoms with Gasteiger partial charge in [0.2, 0.25) is 5.91 Å². The number of hydrogen-bond donors (Lipinski definition) is 1. The van der Waals surface area contributed by atoms with Gasteiger partial charge in [0.1, 0.15) is 6.61 Å². The van der Waals surface area contributed by atoms with Gasteiger partial charge in [-0.05, 0) is 11.6 Å². The molecule has 0 aliphatic rings. The van der Waals surface area contributed by atoms with E-state index >= 15 is 0 Å². The fourth-order valence-corrected chi connectivity index (χ4v) is 1.91. The first-order chi connectivity index (χ1) is 10.9. The molecule has 0 radical (unpaired) electrons. The molecule has 1 amide bonds. The predicted octanol–water partition coefficient (Wildman–Crippen LogP) is 1.23. The van der Waals surface area contributed by atoms with Gasteiger partial charge in [-0.2, -0.15) is 8.42 Å². The average Bonchev–Trinajstić information content (AvgIpc) is 2.47. The Morgan fingerprint density at radius 1 is 1.26 bits per heavy atom. The van der Waals surface area contributed by atoms with Crippen LogP contribution in [-0.4, -0.2) is 30.9 Å². The van der Waals surface area contributed by atoms with Gasteiger partial charge < -0.3 is 14.2 Å². The van der Waals surface area contributed by atoms with Gasteiger partial charge in [-0.1, -0.05) is 9.95 Å². The van der Waals surface area contributed by atoms with E-state index in [1.807, 2.05) is 0 Å². The Morgan fingerprint density at radius 3 is 2.78 bits per heavy atom. The molecule has 8 nitrogen and oxygen atoms in total. The van der Waals surface area contributed by atoms with E-state index in [1.54, 1.807) is 24.5 Å². The first-order valence-corrected chi connectivity index (χ1v) is 7.59. The van der Waals surface area contributed by atoms with E-state index in [9.17, 15) is 17.1 Å². The van der Waals surface area contributed by atoms with E-state index in [0.717, 1.165) is 17.8 Å². The molecule has 0 aliphatic heterocycles. The van der Waals surface area contributed by atoms with Crippen molar-refractivity contribution in [2.24, 2.45) is 0 Å². The van der Waals surface area contributed by atoms with E-state index in [2.05, 4.69) is 19.5 Å². The lowest BCUT2D eigenvalue weighted by molar-refractivity contribution is -0.121. The zero-order chi connectivity index (χ0) is 16.7. The maximum absolute atomic E-state index is 12.4. The standard InChI is InChI=1S/C13H12FN3O5S/c14-23(19,20)22-12-4-11(6-16-7-12)17-13(18)9-21-8-10-2-1-3-15-5-10/h1-7H,8-9H2,(H,17,18). The number of carbonyl (C=O) groups is 1. The van der Waals surface area contributed by atoms with Gasteiger partial charge in [0.15, 0.2) is 5.75 Å². The number of pyridine rings is 2. The number of amides is 1. The third-order valence-corrected chi connectivity index (χ3v) is 2.81. The van der Waals surface area contributed by atoms with Crippen LogP contribution in [0.5, 0.6) is 5.75 Å². The fraction of sp³-hybridized carbons (Fsp3) is 0.154. The van der Waals surface area contributed by atoms with Crippen molar-refractivity contribution in [2.45, 2.75) is 6.61 Å². The first kappa shape index (κ1) is 16.8. The molecule has 2 rings (SSSR count). The number of rotatable bonds is 7. The third kappa shape index (κ3) is 6.36. The zero-order valence-corrected chi connectivity index (χ0v) is 12.5. The molecule has 23 heavy (non-hydrogen) atoms. The Morgan fingerprint density at radius 2 is 2.09 bits per heavy atom. The van der Waals surface area contributed by atoms with Crippen LogP contribution in [0.1, 0.15) is 5.56 Å². The average molecular weight is 341 g/mol. The molecule has 0 fully saturated rings. The van der Waals surface area contributed by atoms with Crippen molar-refractivity contribution in [3.05, 3.63) is 48.5 Å². The van der Waals surface area contributed by atoms with Crippen molar-refractivity contribution in [3.8, 4) is 5.75 Å². The Labute approximate surface area is 131 Å². The van der Waals surface area contributed by atoms with Crippen LogP contribution in [0.4, 0.5) is 9.57 Å². The summed E-state index contributed by atoms with van der Waals surface area (Å²) in [5, 5.41) is 2.42. The van der Waals surface area contributed by atoms with Crippen LogP contribution >= 0.6 is 0 Å². The van der Waals surface area contributed by atoms with Gasteiger partial charge in [0.25, 0.3) is 0 Å². The number of aromatic nitrogens is 2. The number of hydrogen-bond acceptors (Lipinski definition) is 7.